The standard InChI is InChI=1S/C28H34N6O2S/c1-32-11-13-33(14-12-32)17-21-18-34(19-27(35)36-2)26-15-22(7-8-24(21)26)31-28(37)29-10-9-20-16-30-25-6-4-3-5-23(20)25/h3-8,15-16,18,30H,9-14,17,19H2,1-2H3,(H2,29,31,37). The Balaban J connectivity index is 1.26. The number of hydrogen-bond donors (Lipinski definition) is 3. The Morgan fingerprint density at radius 3 is 2.70 bits per heavy atom. The number of hydrogen-bond acceptors (Lipinski definition) is 5. The molecule has 1 fully saturated rings. The number of fused-ring (bicyclic) bond motifs is 2. The van der Waals surface area contributed by atoms with Crippen molar-refractivity contribution in [3.63, 3.8) is 0 Å². The summed E-state index contributed by atoms with van der Waals surface area (Å²) in [6, 6.07) is 14.5. The third-order valence-electron chi connectivity index (χ3n) is 7.09. The lowest BCUT2D eigenvalue weighted by molar-refractivity contribution is -0.141. The number of esters is 1. The van der Waals surface area contributed by atoms with Crippen molar-refractivity contribution in [1.82, 2.24) is 24.7 Å². The zero-order valence-electron chi connectivity index (χ0n) is 21.4. The molecule has 0 saturated carbocycles. The second kappa shape index (κ2) is 11.3. The summed E-state index contributed by atoms with van der Waals surface area (Å²) in [6.07, 6.45) is 5.01. The van der Waals surface area contributed by atoms with E-state index in [2.05, 4.69) is 75.2 Å². The minimum absolute atomic E-state index is 0.173. The first kappa shape index (κ1) is 25.3. The van der Waals surface area contributed by atoms with Gasteiger partial charge in [-0.2, -0.15) is 0 Å². The summed E-state index contributed by atoms with van der Waals surface area (Å²) in [5.74, 6) is -0.268. The van der Waals surface area contributed by atoms with Crippen molar-refractivity contribution in [3.05, 3.63) is 66.0 Å². The van der Waals surface area contributed by atoms with Crippen LogP contribution in [-0.2, 0) is 29.0 Å². The topological polar surface area (TPSA) is 77.6 Å². The first-order chi connectivity index (χ1) is 18.0. The maximum absolute atomic E-state index is 12.1. The van der Waals surface area contributed by atoms with Gasteiger partial charge in [0.1, 0.15) is 6.54 Å². The number of aromatic nitrogens is 2. The number of para-hydroxylation sites is 1. The van der Waals surface area contributed by atoms with Gasteiger partial charge in [0.05, 0.1) is 12.6 Å². The monoisotopic (exact) mass is 518 g/mol. The van der Waals surface area contributed by atoms with Crippen LogP contribution in [0.4, 0.5) is 5.69 Å². The summed E-state index contributed by atoms with van der Waals surface area (Å²) >= 11 is 5.57. The number of nitrogens with zero attached hydrogens (tertiary/aromatic N) is 3. The van der Waals surface area contributed by atoms with Crippen molar-refractivity contribution in [2.75, 3.05) is 52.2 Å². The van der Waals surface area contributed by atoms with E-state index in [-0.39, 0.29) is 12.5 Å². The zero-order valence-corrected chi connectivity index (χ0v) is 22.2. The van der Waals surface area contributed by atoms with Crippen molar-refractivity contribution < 1.29 is 9.53 Å². The highest BCUT2D eigenvalue weighted by atomic mass is 32.1. The minimum Gasteiger partial charge on any atom is -0.468 e. The lowest BCUT2D eigenvalue weighted by Gasteiger charge is -2.32. The zero-order chi connectivity index (χ0) is 25.8. The van der Waals surface area contributed by atoms with E-state index in [0.717, 1.165) is 67.8 Å². The van der Waals surface area contributed by atoms with Gasteiger partial charge in [-0.05, 0) is 55.0 Å². The van der Waals surface area contributed by atoms with Gasteiger partial charge < -0.3 is 29.8 Å². The Labute approximate surface area is 222 Å². The normalized spacial score (nSPS) is 14.8. The van der Waals surface area contributed by atoms with Crippen LogP contribution in [0.5, 0.6) is 0 Å². The number of benzene rings is 2. The molecular formula is C28H34N6O2S. The third-order valence-corrected chi connectivity index (χ3v) is 7.34. The van der Waals surface area contributed by atoms with E-state index in [0.29, 0.717) is 5.11 Å². The number of likely N-dealkylation sites (N-methyl/N-ethyl adjacent to an activating group) is 1. The second-order valence-electron chi connectivity index (χ2n) is 9.66. The van der Waals surface area contributed by atoms with Gasteiger partial charge in [-0.15, -0.1) is 0 Å². The Morgan fingerprint density at radius 2 is 1.89 bits per heavy atom. The highest BCUT2D eigenvalue weighted by Crippen LogP contribution is 2.27. The molecule has 3 N–H and O–H groups in total. The number of piperazine rings is 1. The molecule has 1 aliphatic rings. The van der Waals surface area contributed by atoms with Crippen LogP contribution < -0.4 is 10.6 Å². The second-order valence-corrected chi connectivity index (χ2v) is 10.1. The van der Waals surface area contributed by atoms with Crippen LogP contribution in [-0.4, -0.2) is 77.3 Å². The smallest absolute Gasteiger partial charge is 0.325 e. The third kappa shape index (κ3) is 5.95. The largest absolute Gasteiger partial charge is 0.468 e. The molecule has 0 unspecified atom stereocenters. The van der Waals surface area contributed by atoms with Crippen LogP contribution >= 0.6 is 12.2 Å². The Hall–Kier alpha value is -3.40. The molecule has 5 rings (SSSR count). The predicted octanol–water partition coefficient (Wildman–Crippen LogP) is 3.57. The van der Waals surface area contributed by atoms with Crippen LogP contribution in [0.25, 0.3) is 21.8 Å². The molecule has 0 bridgehead atoms. The maximum atomic E-state index is 12.1. The molecule has 1 saturated heterocycles. The molecule has 37 heavy (non-hydrogen) atoms. The average Bonchev–Trinajstić information content (AvgIpc) is 3.46. The molecular weight excluding hydrogens is 484 g/mol. The van der Waals surface area contributed by atoms with E-state index in [1.54, 1.807) is 0 Å². The van der Waals surface area contributed by atoms with E-state index in [9.17, 15) is 4.79 Å². The number of methoxy groups -OCH3 is 1. The van der Waals surface area contributed by atoms with Gasteiger partial charge in [-0.25, -0.2) is 0 Å². The number of H-pyrrole nitrogens is 1. The first-order valence-electron chi connectivity index (χ1n) is 12.7. The molecule has 2 aromatic heterocycles. The van der Waals surface area contributed by atoms with Crippen molar-refractivity contribution in [3.8, 4) is 0 Å². The number of carbonyl (C=O) groups excluding carboxylic acids is 1. The van der Waals surface area contributed by atoms with Gasteiger partial charge in [0.15, 0.2) is 5.11 Å². The lowest BCUT2D eigenvalue weighted by atomic mass is 10.1. The van der Waals surface area contributed by atoms with Gasteiger partial charge >= 0.3 is 5.97 Å². The summed E-state index contributed by atoms with van der Waals surface area (Å²) < 4.78 is 6.92. The summed E-state index contributed by atoms with van der Waals surface area (Å²) in [6.45, 7) is 5.98. The molecule has 0 radical (unpaired) electrons. The summed E-state index contributed by atoms with van der Waals surface area (Å²) in [7, 11) is 3.59. The molecule has 0 spiro atoms. The van der Waals surface area contributed by atoms with Crippen molar-refractivity contribution in [1.29, 1.82) is 0 Å². The van der Waals surface area contributed by atoms with Gasteiger partial charge in [0.25, 0.3) is 0 Å². The number of ether oxygens (including phenoxy) is 1. The lowest BCUT2D eigenvalue weighted by Crippen LogP contribution is -2.43. The number of rotatable bonds is 8. The number of nitrogens with one attached hydrogen (secondary N) is 3. The number of anilines is 1. The fourth-order valence-corrected chi connectivity index (χ4v) is 5.20. The van der Waals surface area contributed by atoms with E-state index >= 15 is 0 Å². The van der Waals surface area contributed by atoms with Gasteiger partial charge in [0, 0.05) is 73.6 Å². The van der Waals surface area contributed by atoms with E-state index in [1.165, 1.54) is 23.6 Å². The Bertz CT molecular complexity index is 1400. The molecule has 1 aliphatic heterocycles. The molecule has 0 aliphatic carbocycles. The number of aromatic amines is 1. The SMILES string of the molecule is COC(=O)Cn1cc(CN2CCN(C)CC2)c2ccc(NC(=S)NCCc3c[nH]c4ccccc34)cc21. The highest BCUT2D eigenvalue weighted by molar-refractivity contribution is 7.80. The summed E-state index contributed by atoms with van der Waals surface area (Å²) in [5.41, 5.74) is 5.50. The molecule has 3 heterocycles. The Kier molecular flexibility index (Phi) is 7.73. The number of thiocarbonyl (C=S) groups is 1. The van der Waals surface area contributed by atoms with E-state index in [1.807, 2.05) is 16.7 Å². The van der Waals surface area contributed by atoms with Crippen LogP contribution in [0.3, 0.4) is 0 Å². The molecule has 2 aromatic carbocycles. The van der Waals surface area contributed by atoms with Gasteiger partial charge in [-0.3, -0.25) is 9.69 Å². The minimum atomic E-state index is -0.268. The van der Waals surface area contributed by atoms with Crippen LogP contribution in [0.2, 0.25) is 0 Å². The van der Waals surface area contributed by atoms with Crippen LogP contribution in [0.15, 0.2) is 54.9 Å². The molecule has 8 nitrogen and oxygen atoms in total. The van der Waals surface area contributed by atoms with E-state index < -0.39 is 0 Å². The molecule has 194 valence electrons. The van der Waals surface area contributed by atoms with Gasteiger partial charge in [-0.1, -0.05) is 24.3 Å². The fraction of sp³-hybridized carbons (Fsp3) is 0.357. The number of carbonyl (C=O) groups is 1. The van der Waals surface area contributed by atoms with Crippen molar-refractivity contribution >= 4 is 50.8 Å². The maximum Gasteiger partial charge on any atom is 0.325 e. The fourth-order valence-electron chi connectivity index (χ4n) is 4.98. The molecule has 0 atom stereocenters. The van der Waals surface area contributed by atoms with E-state index in [4.69, 9.17) is 17.0 Å². The summed E-state index contributed by atoms with van der Waals surface area (Å²) in [4.78, 5) is 20.3. The molecule has 0 amide bonds. The molecule has 9 heteroatoms. The first-order valence-corrected chi connectivity index (χ1v) is 13.1. The van der Waals surface area contributed by atoms with Crippen LogP contribution in [0, 0.1) is 0 Å². The quantitative estimate of drug-likeness (QED) is 0.243. The summed E-state index contributed by atoms with van der Waals surface area (Å²) in [5, 5.41) is 9.58. The van der Waals surface area contributed by atoms with Gasteiger partial charge in [0.2, 0.25) is 0 Å². The van der Waals surface area contributed by atoms with Crippen molar-refractivity contribution in [2.24, 2.45) is 0 Å². The van der Waals surface area contributed by atoms with Crippen LogP contribution in [0.1, 0.15) is 11.1 Å². The average molecular weight is 519 g/mol. The Morgan fingerprint density at radius 1 is 1.08 bits per heavy atom. The molecule has 4 aromatic rings. The highest BCUT2D eigenvalue weighted by Gasteiger charge is 2.18. The predicted molar refractivity (Wildman–Crippen MR) is 153 cm³/mol. The van der Waals surface area contributed by atoms with Crippen molar-refractivity contribution in [2.45, 2.75) is 19.5 Å².